The van der Waals surface area contributed by atoms with E-state index in [0.29, 0.717) is 30.4 Å². The Hall–Kier alpha value is -2.80. The molecule has 0 saturated heterocycles. The lowest BCUT2D eigenvalue weighted by Crippen LogP contribution is -2.39. The highest BCUT2D eigenvalue weighted by Crippen LogP contribution is 2.29. The Morgan fingerprint density at radius 3 is 2.78 bits per heavy atom. The molecule has 0 bridgehead atoms. The lowest BCUT2D eigenvalue weighted by atomic mass is 10.0. The molecule has 1 aromatic carbocycles. The fourth-order valence-corrected chi connectivity index (χ4v) is 3.43. The Labute approximate surface area is 159 Å². The van der Waals surface area contributed by atoms with Crippen LogP contribution < -0.4 is 0 Å². The SMILES string of the molecule is O=C(Cc1ccnc(Cl)c1)N1CCn2ncc(-c3ccc(F)cc3F)c2C1. The van der Waals surface area contributed by atoms with Crippen LogP contribution in [-0.4, -0.2) is 32.1 Å². The molecule has 27 heavy (non-hydrogen) atoms. The summed E-state index contributed by atoms with van der Waals surface area (Å²) in [7, 11) is 0. The Balaban J connectivity index is 1.57. The second-order valence-corrected chi connectivity index (χ2v) is 6.72. The molecule has 1 aliphatic rings. The molecule has 0 spiro atoms. The molecule has 0 fully saturated rings. The summed E-state index contributed by atoms with van der Waals surface area (Å²) < 4.78 is 29.1. The summed E-state index contributed by atoms with van der Waals surface area (Å²) in [5.41, 5.74) is 2.35. The lowest BCUT2D eigenvalue weighted by molar-refractivity contribution is -0.131. The van der Waals surface area contributed by atoms with Crippen LogP contribution in [0.1, 0.15) is 11.3 Å². The molecule has 0 N–H and O–H groups in total. The molecule has 8 heteroatoms. The fourth-order valence-electron chi connectivity index (χ4n) is 3.23. The van der Waals surface area contributed by atoms with Crippen molar-refractivity contribution in [2.24, 2.45) is 0 Å². The number of aromatic nitrogens is 3. The minimum absolute atomic E-state index is 0.0600. The maximum absolute atomic E-state index is 14.2. The summed E-state index contributed by atoms with van der Waals surface area (Å²) in [6.07, 6.45) is 3.32. The largest absolute Gasteiger partial charge is 0.335 e. The van der Waals surface area contributed by atoms with Crippen LogP contribution in [0.2, 0.25) is 5.15 Å². The van der Waals surface area contributed by atoms with Gasteiger partial charge in [-0.2, -0.15) is 5.10 Å². The summed E-state index contributed by atoms with van der Waals surface area (Å²) in [5.74, 6) is -1.35. The van der Waals surface area contributed by atoms with E-state index in [1.54, 1.807) is 34.1 Å². The van der Waals surface area contributed by atoms with Crippen LogP contribution in [0.4, 0.5) is 8.78 Å². The van der Waals surface area contributed by atoms with Crippen LogP contribution in [0.25, 0.3) is 11.1 Å². The number of nitrogens with zero attached hydrogens (tertiary/aromatic N) is 4. The van der Waals surface area contributed by atoms with E-state index in [1.165, 1.54) is 12.1 Å². The number of benzene rings is 1. The molecule has 0 aliphatic carbocycles. The van der Waals surface area contributed by atoms with E-state index in [-0.39, 0.29) is 17.9 Å². The Bertz CT molecular complexity index is 1020. The van der Waals surface area contributed by atoms with Crippen LogP contribution in [0.3, 0.4) is 0 Å². The number of hydrogen-bond donors (Lipinski definition) is 0. The second kappa shape index (κ2) is 7.08. The van der Waals surface area contributed by atoms with Gasteiger partial charge in [0.15, 0.2) is 0 Å². The summed E-state index contributed by atoms with van der Waals surface area (Å²) in [4.78, 5) is 18.3. The van der Waals surface area contributed by atoms with Crippen molar-refractivity contribution in [2.75, 3.05) is 6.54 Å². The van der Waals surface area contributed by atoms with Gasteiger partial charge in [0.2, 0.25) is 5.91 Å². The van der Waals surface area contributed by atoms with Crippen molar-refractivity contribution in [3.8, 4) is 11.1 Å². The molecule has 1 aliphatic heterocycles. The van der Waals surface area contributed by atoms with Crippen LogP contribution in [0.15, 0.2) is 42.7 Å². The van der Waals surface area contributed by atoms with E-state index in [4.69, 9.17) is 11.6 Å². The van der Waals surface area contributed by atoms with Crippen LogP contribution in [-0.2, 0) is 24.3 Å². The first kappa shape index (κ1) is 17.6. The highest BCUT2D eigenvalue weighted by atomic mass is 35.5. The zero-order chi connectivity index (χ0) is 19.0. The van der Waals surface area contributed by atoms with E-state index in [0.717, 1.165) is 17.3 Å². The molecule has 0 saturated carbocycles. The van der Waals surface area contributed by atoms with Gasteiger partial charge in [-0.05, 0) is 29.8 Å². The van der Waals surface area contributed by atoms with Gasteiger partial charge in [-0.15, -0.1) is 0 Å². The zero-order valence-electron chi connectivity index (χ0n) is 14.2. The maximum atomic E-state index is 14.2. The Kier molecular flexibility index (Phi) is 4.61. The molecule has 3 heterocycles. The third-order valence-electron chi connectivity index (χ3n) is 4.59. The predicted octanol–water partition coefficient (Wildman–Crippen LogP) is 3.46. The van der Waals surface area contributed by atoms with E-state index < -0.39 is 11.6 Å². The summed E-state index contributed by atoms with van der Waals surface area (Å²) >= 11 is 5.87. The molecule has 0 unspecified atom stereocenters. The van der Waals surface area contributed by atoms with Crippen molar-refractivity contribution < 1.29 is 13.6 Å². The number of rotatable bonds is 3. The molecular formula is C19H15ClF2N4O. The third kappa shape index (κ3) is 3.55. The number of carbonyl (C=O) groups excluding carboxylic acids is 1. The highest BCUT2D eigenvalue weighted by Gasteiger charge is 2.25. The van der Waals surface area contributed by atoms with Crippen molar-refractivity contribution >= 4 is 17.5 Å². The molecule has 3 aromatic rings. The normalized spacial score (nSPS) is 13.5. The highest BCUT2D eigenvalue weighted by molar-refractivity contribution is 6.29. The van der Waals surface area contributed by atoms with E-state index in [2.05, 4.69) is 10.1 Å². The lowest BCUT2D eigenvalue weighted by Gasteiger charge is -2.28. The summed E-state index contributed by atoms with van der Waals surface area (Å²) in [6.45, 7) is 1.34. The second-order valence-electron chi connectivity index (χ2n) is 6.33. The van der Waals surface area contributed by atoms with E-state index in [1.807, 2.05) is 0 Å². The predicted molar refractivity (Wildman–Crippen MR) is 95.9 cm³/mol. The minimum Gasteiger partial charge on any atom is -0.335 e. The van der Waals surface area contributed by atoms with Gasteiger partial charge in [-0.1, -0.05) is 11.6 Å². The van der Waals surface area contributed by atoms with Gasteiger partial charge in [0.25, 0.3) is 0 Å². The minimum atomic E-state index is -0.652. The zero-order valence-corrected chi connectivity index (χ0v) is 15.0. The summed E-state index contributed by atoms with van der Waals surface area (Å²) in [6, 6.07) is 6.85. The van der Waals surface area contributed by atoms with Crippen molar-refractivity contribution in [2.45, 2.75) is 19.5 Å². The number of fused-ring (bicyclic) bond motifs is 1. The first-order valence-electron chi connectivity index (χ1n) is 8.39. The van der Waals surface area contributed by atoms with Gasteiger partial charge in [0.05, 0.1) is 31.4 Å². The van der Waals surface area contributed by atoms with Crippen LogP contribution in [0.5, 0.6) is 0 Å². The molecule has 0 radical (unpaired) electrons. The fraction of sp³-hybridized carbons (Fsp3) is 0.211. The van der Waals surface area contributed by atoms with Gasteiger partial charge in [0, 0.05) is 29.9 Å². The van der Waals surface area contributed by atoms with Gasteiger partial charge >= 0.3 is 0 Å². The number of hydrogen-bond acceptors (Lipinski definition) is 3. The van der Waals surface area contributed by atoms with Crippen molar-refractivity contribution in [3.05, 3.63) is 70.8 Å². The number of amides is 1. The molecular weight excluding hydrogens is 374 g/mol. The molecule has 0 atom stereocenters. The molecule has 138 valence electrons. The average Bonchev–Trinajstić information content (AvgIpc) is 3.05. The summed E-state index contributed by atoms with van der Waals surface area (Å²) in [5, 5.41) is 4.62. The van der Waals surface area contributed by atoms with E-state index in [9.17, 15) is 13.6 Å². The quantitative estimate of drug-likeness (QED) is 0.646. The maximum Gasteiger partial charge on any atom is 0.227 e. The number of carbonyl (C=O) groups is 1. The molecule has 4 rings (SSSR count). The third-order valence-corrected chi connectivity index (χ3v) is 4.80. The van der Waals surface area contributed by atoms with Crippen molar-refractivity contribution in [3.63, 3.8) is 0 Å². The molecule has 5 nitrogen and oxygen atoms in total. The first-order chi connectivity index (χ1) is 13.0. The monoisotopic (exact) mass is 388 g/mol. The molecule has 1 amide bonds. The van der Waals surface area contributed by atoms with Gasteiger partial charge < -0.3 is 4.90 Å². The smallest absolute Gasteiger partial charge is 0.227 e. The Morgan fingerprint density at radius 1 is 1.15 bits per heavy atom. The van der Waals surface area contributed by atoms with Gasteiger partial charge in [-0.3, -0.25) is 9.48 Å². The topological polar surface area (TPSA) is 51.0 Å². The average molecular weight is 389 g/mol. The van der Waals surface area contributed by atoms with Gasteiger partial charge in [0.1, 0.15) is 16.8 Å². The van der Waals surface area contributed by atoms with E-state index >= 15 is 0 Å². The van der Waals surface area contributed by atoms with Crippen LogP contribution >= 0.6 is 11.6 Å². The number of halogens is 3. The van der Waals surface area contributed by atoms with Gasteiger partial charge in [-0.25, -0.2) is 13.8 Å². The standard InChI is InChI=1S/C19H15ClF2N4O/c20-18-7-12(3-4-23-18)8-19(27)25-5-6-26-17(11-25)15(10-24-26)14-2-1-13(21)9-16(14)22/h1-4,7,9-10H,5-6,8,11H2. The Morgan fingerprint density at radius 2 is 2.00 bits per heavy atom. The van der Waals surface area contributed by atoms with Crippen LogP contribution in [0, 0.1) is 11.6 Å². The number of pyridine rings is 1. The first-order valence-corrected chi connectivity index (χ1v) is 8.77. The molecule has 2 aromatic heterocycles. The van der Waals surface area contributed by atoms with Crippen molar-refractivity contribution in [1.82, 2.24) is 19.7 Å². The van der Waals surface area contributed by atoms with Crippen molar-refractivity contribution in [1.29, 1.82) is 0 Å².